The van der Waals surface area contributed by atoms with E-state index in [1.54, 1.807) is 36.8 Å². The molecule has 1 aromatic heterocycles. The summed E-state index contributed by atoms with van der Waals surface area (Å²) in [6.45, 7) is 0.400. The Hall–Kier alpha value is -2.41. The highest BCUT2D eigenvalue weighted by atomic mass is 32.1. The number of nitrogens with zero attached hydrogens (tertiary/aromatic N) is 2. The molecule has 24 heavy (non-hydrogen) atoms. The summed E-state index contributed by atoms with van der Waals surface area (Å²) in [4.78, 5) is 30.4. The first-order chi connectivity index (χ1) is 11.6. The number of esters is 1. The lowest BCUT2D eigenvalue weighted by atomic mass is 10.2. The molecule has 1 amide bonds. The summed E-state index contributed by atoms with van der Waals surface area (Å²) < 4.78 is 9.79. The number of ether oxygens (including phenoxy) is 2. The highest BCUT2D eigenvalue weighted by molar-refractivity contribution is 7.09. The van der Waals surface area contributed by atoms with Crippen molar-refractivity contribution in [2.75, 3.05) is 14.2 Å². The van der Waals surface area contributed by atoms with Crippen LogP contribution in [0.2, 0.25) is 0 Å². The number of carbonyl (C=O) groups excluding carboxylic acids is 2. The summed E-state index contributed by atoms with van der Waals surface area (Å²) >= 11 is 1.36. The van der Waals surface area contributed by atoms with Crippen LogP contribution < -0.4 is 4.74 Å². The lowest BCUT2D eigenvalue weighted by Crippen LogP contribution is -2.32. The molecular formula is C17H18N2O4S. The van der Waals surface area contributed by atoms with Gasteiger partial charge in [-0.25, -0.2) is 9.78 Å². The Morgan fingerprint density at radius 1 is 1.25 bits per heavy atom. The van der Waals surface area contributed by atoms with Crippen LogP contribution in [0.5, 0.6) is 5.75 Å². The molecule has 0 radical (unpaired) electrons. The van der Waals surface area contributed by atoms with Crippen LogP contribution in [-0.2, 0) is 11.3 Å². The van der Waals surface area contributed by atoms with Gasteiger partial charge in [0.1, 0.15) is 10.8 Å². The van der Waals surface area contributed by atoms with Gasteiger partial charge in [0, 0.05) is 17.0 Å². The van der Waals surface area contributed by atoms with Crippen LogP contribution in [0.25, 0.3) is 0 Å². The van der Waals surface area contributed by atoms with Crippen molar-refractivity contribution in [2.45, 2.75) is 25.4 Å². The third-order valence-corrected chi connectivity index (χ3v) is 4.67. The van der Waals surface area contributed by atoms with Crippen LogP contribution in [0.4, 0.5) is 0 Å². The smallest absolute Gasteiger partial charge is 0.357 e. The Kier molecular flexibility index (Phi) is 4.80. The minimum Gasteiger partial charge on any atom is -0.497 e. The Balaban J connectivity index is 1.75. The summed E-state index contributed by atoms with van der Waals surface area (Å²) in [7, 11) is 2.92. The second kappa shape index (κ2) is 7.00. The molecular weight excluding hydrogens is 328 g/mol. The summed E-state index contributed by atoms with van der Waals surface area (Å²) in [6.07, 6.45) is 1.99. The highest BCUT2D eigenvalue weighted by Gasteiger charge is 2.33. The fourth-order valence-corrected chi connectivity index (χ4v) is 3.14. The van der Waals surface area contributed by atoms with E-state index in [0.29, 0.717) is 17.9 Å². The van der Waals surface area contributed by atoms with Crippen LogP contribution in [0, 0.1) is 0 Å². The zero-order valence-corrected chi connectivity index (χ0v) is 14.3. The Bertz CT molecular complexity index is 737. The van der Waals surface area contributed by atoms with Gasteiger partial charge < -0.3 is 14.4 Å². The molecule has 1 aromatic carbocycles. The molecule has 0 N–H and O–H groups in total. The number of amides is 1. The molecule has 6 nitrogen and oxygen atoms in total. The average molecular weight is 346 g/mol. The predicted molar refractivity (Wildman–Crippen MR) is 89.3 cm³/mol. The molecule has 126 valence electrons. The number of carbonyl (C=O) groups is 2. The van der Waals surface area contributed by atoms with E-state index in [9.17, 15) is 9.59 Å². The molecule has 1 aliphatic carbocycles. The minimum absolute atomic E-state index is 0.0324. The van der Waals surface area contributed by atoms with Crippen molar-refractivity contribution in [1.29, 1.82) is 0 Å². The number of methoxy groups -OCH3 is 2. The van der Waals surface area contributed by atoms with E-state index in [-0.39, 0.29) is 17.6 Å². The maximum absolute atomic E-state index is 12.8. The van der Waals surface area contributed by atoms with Crippen molar-refractivity contribution in [3.63, 3.8) is 0 Å². The molecule has 0 unspecified atom stereocenters. The number of thiazole rings is 1. The van der Waals surface area contributed by atoms with Crippen molar-refractivity contribution in [3.05, 3.63) is 45.9 Å². The van der Waals surface area contributed by atoms with E-state index >= 15 is 0 Å². The number of hydrogen-bond acceptors (Lipinski definition) is 6. The van der Waals surface area contributed by atoms with Crippen molar-refractivity contribution in [2.24, 2.45) is 0 Å². The van der Waals surface area contributed by atoms with E-state index in [1.165, 1.54) is 18.4 Å². The van der Waals surface area contributed by atoms with Crippen LogP contribution in [0.15, 0.2) is 29.6 Å². The van der Waals surface area contributed by atoms with Crippen LogP contribution in [0.1, 0.15) is 38.7 Å². The van der Waals surface area contributed by atoms with Crippen molar-refractivity contribution >= 4 is 23.2 Å². The molecule has 1 fully saturated rings. The molecule has 2 aromatic rings. The zero-order chi connectivity index (χ0) is 17.1. The first kappa shape index (κ1) is 16.4. The molecule has 0 bridgehead atoms. The third-order valence-electron chi connectivity index (χ3n) is 3.84. The molecule has 0 atom stereocenters. The number of hydrogen-bond donors (Lipinski definition) is 0. The van der Waals surface area contributed by atoms with Gasteiger partial charge in [-0.2, -0.15) is 0 Å². The lowest BCUT2D eigenvalue weighted by molar-refractivity contribution is 0.0594. The fraction of sp³-hybridized carbons (Fsp3) is 0.353. The SMILES string of the molecule is COC(=O)c1csc(CN(C(=O)c2ccc(OC)cc2)C2CC2)n1. The zero-order valence-electron chi connectivity index (χ0n) is 13.5. The van der Waals surface area contributed by atoms with Gasteiger partial charge in [0.15, 0.2) is 5.69 Å². The lowest BCUT2D eigenvalue weighted by Gasteiger charge is -2.21. The summed E-state index contributed by atoms with van der Waals surface area (Å²) in [5.41, 5.74) is 0.901. The highest BCUT2D eigenvalue weighted by Crippen LogP contribution is 2.30. The van der Waals surface area contributed by atoms with E-state index in [4.69, 9.17) is 4.74 Å². The van der Waals surface area contributed by atoms with E-state index < -0.39 is 5.97 Å². The molecule has 0 aliphatic heterocycles. The first-order valence-electron chi connectivity index (χ1n) is 7.60. The van der Waals surface area contributed by atoms with Gasteiger partial charge in [0.05, 0.1) is 20.8 Å². The van der Waals surface area contributed by atoms with Crippen molar-refractivity contribution in [1.82, 2.24) is 9.88 Å². The number of benzene rings is 1. The van der Waals surface area contributed by atoms with Crippen molar-refractivity contribution < 1.29 is 19.1 Å². The second-order valence-corrected chi connectivity index (χ2v) is 6.45. The Labute approximate surface area is 144 Å². The van der Waals surface area contributed by atoms with E-state index in [1.807, 2.05) is 4.90 Å². The Morgan fingerprint density at radius 2 is 1.96 bits per heavy atom. The molecule has 7 heteroatoms. The van der Waals surface area contributed by atoms with Crippen LogP contribution in [0.3, 0.4) is 0 Å². The number of rotatable bonds is 6. The Morgan fingerprint density at radius 3 is 2.54 bits per heavy atom. The van der Waals surface area contributed by atoms with Gasteiger partial charge in [0.2, 0.25) is 0 Å². The molecule has 0 saturated heterocycles. The van der Waals surface area contributed by atoms with Crippen molar-refractivity contribution in [3.8, 4) is 5.75 Å². The maximum Gasteiger partial charge on any atom is 0.357 e. The van der Waals surface area contributed by atoms with Gasteiger partial charge in [0.25, 0.3) is 5.91 Å². The topological polar surface area (TPSA) is 68.7 Å². The molecule has 1 saturated carbocycles. The second-order valence-electron chi connectivity index (χ2n) is 5.51. The summed E-state index contributed by atoms with van der Waals surface area (Å²) in [5.74, 6) is 0.221. The normalized spacial score (nSPS) is 13.4. The molecule has 1 heterocycles. The third kappa shape index (κ3) is 3.56. The quantitative estimate of drug-likeness (QED) is 0.752. The number of aromatic nitrogens is 1. The van der Waals surface area contributed by atoms with E-state index in [0.717, 1.165) is 17.8 Å². The predicted octanol–water partition coefficient (Wildman–Crippen LogP) is 2.74. The largest absolute Gasteiger partial charge is 0.497 e. The van der Waals surface area contributed by atoms with Crippen LogP contribution >= 0.6 is 11.3 Å². The van der Waals surface area contributed by atoms with Gasteiger partial charge in [-0.15, -0.1) is 11.3 Å². The van der Waals surface area contributed by atoms with Gasteiger partial charge >= 0.3 is 5.97 Å². The van der Waals surface area contributed by atoms with Gasteiger partial charge in [-0.1, -0.05) is 0 Å². The summed E-state index contributed by atoms with van der Waals surface area (Å²) in [6, 6.07) is 7.31. The summed E-state index contributed by atoms with van der Waals surface area (Å²) in [5, 5.41) is 2.38. The monoisotopic (exact) mass is 346 g/mol. The van der Waals surface area contributed by atoms with E-state index in [2.05, 4.69) is 9.72 Å². The van der Waals surface area contributed by atoms with Gasteiger partial charge in [-0.05, 0) is 37.1 Å². The molecule has 1 aliphatic rings. The molecule has 0 spiro atoms. The van der Waals surface area contributed by atoms with Crippen LogP contribution in [-0.4, -0.2) is 42.0 Å². The minimum atomic E-state index is -0.461. The fourth-order valence-electron chi connectivity index (χ4n) is 2.38. The van der Waals surface area contributed by atoms with Gasteiger partial charge in [-0.3, -0.25) is 4.79 Å². The standard InChI is InChI=1S/C17H18N2O4S/c1-22-13-7-3-11(4-8-13)16(20)19(12-5-6-12)9-15-18-14(10-24-15)17(21)23-2/h3-4,7-8,10,12H,5-6,9H2,1-2H3. The average Bonchev–Trinajstić information content (AvgIpc) is 3.36. The maximum atomic E-state index is 12.8. The first-order valence-corrected chi connectivity index (χ1v) is 8.48. The molecule has 3 rings (SSSR count).